The molecule has 0 aromatic heterocycles. The topological polar surface area (TPSA) is 36.4 Å². The molecule has 0 bridgehead atoms. The molecule has 1 aromatic carbocycles. The van der Waals surface area contributed by atoms with Crippen molar-refractivity contribution in [1.29, 1.82) is 0 Å². The lowest BCUT2D eigenvalue weighted by atomic mass is 10.1. The molecule has 112 valence electrons. The molecular formula is C16H26IN3. The summed E-state index contributed by atoms with van der Waals surface area (Å²) in [6.45, 7) is 8.72. The van der Waals surface area contributed by atoms with Crippen molar-refractivity contribution in [1.82, 2.24) is 10.6 Å². The number of rotatable bonds is 6. The Morgan fingerprint density at radius 2 is 2.10 bits per heavy atom. The van der Waals surface area contributed by atoms with Crippen LogP contribution in [0.2, 0.25) is 0 Å². The summed E-state index contributed by atoms with van der Waals surface area (Å²) in [6.07, 6.45) is 5.24. The van der Waals surface area contributed by atoms with Crippen LogP contribution < -0.4 is 10.6 Å². The average molecular weight is 387 g/mol. The maximum atomic E-state index is 4.59. The van der Waals surface area contributed by atoms with E-state index in [1.165, 1.54) is 11.1 Å². The van der Waals surface area contributed by atoms with Gasteiger partial charge in [-0.1, -0.05) is 42.0 Å². The first kappa shape index (κ1) is 19.0. The van der Waals surface area contributed by atoms with E-state index in [4.69, 9.17) is 0 Å². The lowest BCUT2D eigenvalue weighted by Crippen LogP contribution is -2.37. The zero-order chi connectivity index (χ0) is 13.9. The first-order valence-electron chi connectivity index (χ1n) is 6.95. The average Bonchev–Trinajstić information content (AvgIpc) is 2.41. The molecule has 0 aliphatic heterocycles. The van der Waals surface area contributed by atoms with Crippen molar-refractivity contribution >= 4 is 29.9 Å². The number of benzene rings is 1. The molecule has 0 saturated heterocycles. The quantitative estimate of drug-likeness (QED) is 0.257. The van der Waals surface area contributed by atoms with Crippen LogP contribution in [0.4, 0.5) is 0 Å². The highest BCUT2D eigenvalue weighted by atomic mass is 127. The summed E-state index contributed by atoms with van der Waals surface area (Å²) in [4.78, 5) is 4.59. The van der Waals surface area contributed by atoms with E-state index in [-0.39, 0.29) is 24.0 Å². The summed E-state index contributed by atoms with van der Waals surface area (Å²) in [5.41, 5.74) is 2.52. The molecule has 1 aromatic rings. The van der Waals surface area contributed by atoms with Crippen LogP contribution in [-0.4, -0.2) is 19.0 Å². The highest BCUT2D eigenvalue weighted by Gasteiger charge is 1.96. The van der Waals surface area contributed by atoms with Gasteiger partial charge in [0.25, 0.3) is 0 Å². The molecule has 0 aliphatic carbocycles. The molecule has 20 heavy (non-hydrogen) atoms. The number of guanidine groups is 1. The van der Waals surface area contributed by atoms with Gasteiger partial charge in [-0.15, -0.1) is 24.0 Å². The number of allylic oxidation sites excluding steroid dienone is 1. The summed E-state index contributed by atoms with van der Waals surface area (Å²) >= 11 is 0. The molecule has 2 N–H and O–H groups in total. The standard InChI is InChI=1S/C16H25N3.HI/c1-4-6-7-11-18-16(17-5-2)19-13-15-10-8-9-14(3)12-15;/h4,6,8-10,12H,5,7,11,13H2,1-3H3,(H2,17,18,19);1H/b6-4+;. The number of halogens is 1. The summed E-state index contributed by atoms with van der Waals surface area (Å²) < 4.78 is 0. The first-order chi connectivity index (χ1) is 9.26. The third kappa shape index (κ3) is 8.19. The van der Waals surface area contributed by atoms with E-state index in [1.54, 1.807) is 0 Å². The SMILES string of the molecule is C/C=C/CCNC(=NCc1cccc(C)c1)NCC.I. The van der Waals surface area contributed by atoms with Crippen LogP contribution in [0.1, 0.15) is 31.4 Å². The molecule has 0 heterocycles. The summed E-state index contributed by atoms with van der Waals surface area (Å²) in [6, 6.07) is 8.47. The Labute approximate surface area is 140 Å². The van der Waals surface area contributed by atoms with Crippen LogP contribution in [0.3, 0.4) is 0 Å². The van der Waals surface area contributed by atoms with Gasteiger partial charge in [0, 0.05) is 13.1 Å². The second-order valence-corrected chi connectivity index (χ2v) is 4.47. The normalized spacial score (nSPS) is 11.2. The zero-order valence-electron chi connectivity index (χ0n) is 12.6. The van der Waals surface area contributed by atoms with Crippen molar-refractivity contribution in [2.45, 2.75) is 33.7 Å². The van der Waals surface area contributed by atoms with Crippen LogP contribution in [-0.2, 0) is 6.54 Å². The van der Waals surface area contributed by atoms with Crippen molar-refractivity contribution in [3.05, 3.63) is 47.5 Å². The van der Waals surface area contributed by atoms with Crippen LogP contribution in [0.15, 0.2) is 41.4 Å². The third-order valence-electron chi connectivity index (χ3n) is 2.69. The van der Waals surface area contributed by atoms with Crippen molar-refractivity contribution in [3.63, 3.8) is 0 Å². The van der Waals surface area contributed by atoms with Gasteiger partial charge in [0.05, 0.1) is 6.54 Å². The van der Waals surface area contributed by atoms with Gasteiger partial charge in [-0.3, -0.25) is 0 Å². The van der Waals surface area contributed by atoms with Gasteiger partial charge in [0.15, 0.2) is 5.96 Å². The van der Waals surface area contributed by atoms with E-state index >= 15 is 0 Å². The monoisotopic (exact) mass is 387 g/mol. The van der Waals surface area contributed by atoms with Crippen LogP contribution in [0, 0.1) is 6.92 Å². The van der Waals surface area contributed by atoms with Crippen LogP contribution in [0.25, 0.3) is 0 Å². The summed E-state index contributed by atoms with van der Waals surface area (Å²) in [5.74, 6) is 0.883. The van der Waals surface area contributed by atoms with Gasteiger partial charge in [-0.05, 0) is 32.8 Å². The number of hydrogen-bond acceptors (Lipinski definition) is 1. The van der Waals surface area contributed by atoms with E-state index in [9.17, 15) is 0 Å². The van der Waals surface area contributed by atoms with Gasteiger partial charge < -0.3 is 10.6 Å². The molecule has 0 amide bonds. The predicted molar refractivity (Wildman–Crippen MR) is 98.8 cm³/mol. The van der Waals surface area contributed by atoms with Crippen LogP contribution in [0.5, 0.6) is 0 Å². The molecule has 1 rings (SSSR count). The molecule has 0 aliphatic rings. The largest absolute Gasteiger partial charge is 0.357 e. The van der Waals surface area contributed by atoms with Gasteiger partial charge in [-0.2, -0.15) is 0 Å². The molecule has 0 fully saturated rings. The van der Waals surface area contributed by atoms with Crippen molar-refractivity contribution < 1.29 is 0 Å². The second kappa shape index (κ2) is 11.8. The van der Waals surface area contributed by atoms with Gasteiger partial charge in [0.2, 0.25) is 0 Å². The van der Waals surface area contributed by atoms with E-state index in [0.29, 0.717) is 6.54 Å². The molecular weight excluding hydrogens is 361 g/mol. The number of aryl methyl sites for hydroxylation is 1. The molecule has 0 radical (unpaired) electrons. The Morgan fingerprint density at radius 3 is 2.75 bits per heavy atom. The van der Waals surface area contributed by atoms with Crippen molar-refractivity contribution in [2.75, 3.05) is 13.1 Å². The minimum Gasteiger partial charge on any atom is -0.357 e. The summed E-state index contributed by atoms with van der Waals surface area (Å²) in [7, 11) is 0. The molecule has 0 saturated carbocycles. The molecule has 4 heteroatoms. The lowest BCUT2D eigenvalue weighted by molar-refractivity contribution is 0.810. The highest BCUT2D eigenvalue weighted by molar-refractivity contribution is 14.0. The van der Waals surface area contributed by atoms with E-state index < -0.39 is 0 Å². The highest BCUT2D eigenvalue weighted by Crippen LogP contribution is 2.04. The minimum absolute atomic E-state index is 0. The summed E-state index contributed by atoms with van der Waals surface area (Å²) in [5, 5.41) is 6.59. The smallest absolute Gasteiger partial charge is 0.191 e. The second-order valence-electron chi connectivity index (χ2n) is 4.47. The Balaban J connectivity index is 0.00000361. The minimum atomic E-state index is 0. The van der Waals surface area contributed by atoms with Crippen molar-refractivity contribution in [3.8, 4) is 0 Å². The van der Waals surface area contributed by atoms with Crippen LogP contribution >= 0.6 is 24.0 Å². The fourth-order valence-corrected chi connectivity index (χ4v) is 1.76. The van der Waals surface area contributed by atoms with Gasteiger partial charge in [-0.25, -0.2) is 4.99 Å². The molecule has 0 unspecified atom stereocenters. The van der Waals surface area contributed by atoms with Crippen molar-refractivity contribution in [2.24, 2.45) is 4.99 Å². The fourth-order valence-electron chi connectivity index (χ4n) is 1.76. The molecule has 0 spiro atoms. The Kier molecular flexibility index (Phi) is 11.1. The fraction of sp³-hybridized carbons (Fsp3) is 0.438. The zero-order valence-corrected chi connectivity index (χ0v) is 15.0. The Bertz CT molecular complexity index is 427. The third-order valence-corrected chi connectivity index (χ3v) is 2.69. The number of nitrogens with zero attached hydrogens (tertiary/aromatic N) is 1. The predicted octanol–water partition coefficient (Wildman–Crippen LogP) is 3.63. The molecule has 3 nitrogen and oxygen atoms in total. The lowest BCUT2D eigenvalue weighted by Gasteiger charge is -2.10. The number of aliphatic imine (C=N–C) groups is 1. The van der Waals surface area contributed by atoms with E-state index in [1.807, 2.05) is 6.92 Å². The van der Waals surface area contributed by atoms with Gasteiger partial charge >= 0.3 is 0 Å². The molecule has 0 atom stereocenters. The first-order valence-corrected chi connectivity index (χ1v) is 6.95. The van der Waals surface area contributed by atoms with Gasteiger partial charge in [0.1, 0.15) is 0 Å². The Morgan fingerprint density at radius 1 is 1.30 bits per heavy atom. The van der Waals surface area contributed by atoms with E-state index in [2.05, 4.69) is 65.9 Å². The Hall–Kier alpha value is -1.04. The number of nitrogens with one attached hydrogen (secondary N) is 2. The van der Waals surface area contributed by atoms with E-state index in [0.717, 1.165) is 25.5 Å². The maximum Gasteiger partial charge on any atom is 0.191 e. The number of hydrogen-bond donors (Lipinski definition) is 2. The maximum absolute atomic E-state index is 4.59.